The molecule has 3 N–H and O–H groups in total. The maximum absolute atomic E-state index is 13.2. The van der Waals surface area contributed by atoms with Crippen LogP contribution in [0.25, 0.3) is 0 Å². The minimum absolute atomic E-state index is 0.167. The van der Waals surface area contributed by atoms with E-state index in [-0.39, 0.29) is 17.5 Å². The van der Waals surface area contributed by atoms with Crippen LogP contribution in [0.5, 0.6) is 5.75 Å². The fourth-order valence-electron chi connectivity index (χ4n) is 2.33. The number of halogens is 6. The number of amides is 1. The van der Waals surface area contributed by atoms with Gasteiger partial charge in [-0.1, -0.05) is 0 Å². The molecule has 29 heavy (non-hydrogen) atoms. The van der Waals surface area contributed by atoms with Gasteiger partial charge in [-0.15, -0.1) is 0 Å². The average molecular weight is 442 g/mol. The third-order valence-electron chi connectivity index (χ3n) is 3.62. The Morgan fingerprint density at radius 1 is 1.00 bits per heavy atom. The van der Waals surface area contributed by atoms with Gasteiger partial charge in [-0.2, -0.15) is 26.3 Å². The standard InChI is InChI=1S/C16H12F6N2O4S/c1-28-12-7-9(3-5-13(12)29(23,26)27)24-14(25)10-4-2-8(15(17,18)19)6-11(10)16(20,21)22/h2-7H,1H3,(H,24,25)(H2,23,26,27). The van der Waals surface area contributed by atoms with Gasteiger partial charge in [0, 0.05) is 11.8 Å². The molecule has 158 valence electrons. The Balaban J connectivity index is 2.46. The molecule has 0 heterocycles. The number of alkyl halides is 6. The SMILES string of the molecule is COc1cc(NC(=O)c2ccc(C(F)(F)F)cc2C(F)(F)F)ccc1S(N)(=O)=O. The first kappa shape index (κ1) is 22.5. The molecule has 0 spiro atoms. The fourth-order valence-corrected chi connectivity index (χ4v) is 3.01. The molecule has 0 bridgehead atoms. The molecule has 0 saturated heterocycles. The highest BCUT2D eigenvalue weighted by atomic mass is 32.2. The molecule has 0 aliphatic rings. The summed E-state index contributed by atoms with van der Waals surface area (Å²) in [6, 6.07) is 3.53. The van der Waals surface area contributed by atoms with Crippen molar-refractivity contribution < 1.29 is 44.3 Å². The van der Waals surface area contributed by atoms with E-state index in [0.717, 1.165) is 25.3 Å². The van der Waals surface area contributed by atoms with E-state index in [4.69, 9.17) is 9.88 Å². The van der Waals surface area contributed by atoms with Gasteiger partial charge in [-0.25, -0.2) is 13.6 Å². The van der Waals surface area contributed by atoms with Crippen molar-refractivity contribution in [1.29, 1.82) is 0 Å². The second-order valence-electron chi connectivity index (χ2n) is 5.62. The Kier molecular flexibility index (Phi) is 5.86. The summed E-state index contributed by atoms with van der Waals surface area (Å²) in [7, 11) is -3.09. The first-order chi connectivity index (χ1) is 13.1. The summed E-state index contributed by atoms with van der Waals surface area (Å²) in [5, 5.41) is 7.03. The summed E-state index contributed by atoms with van der Waals surface area (Å²) in [5.41, 5.74) is -4.58. The average Bonchev–Trinajstić information content (AvgIpc) is 2.58. The van der Waals surface area contributed by atoms with Crippen molar-refractivity contribution in [2.75, 3.05) is 12.4 Å². The van der Waals surface area contributed by atoms with Gasteiger partial charge in [0.05, 0.1) is 23.8 Å². The van der Waals surface area contributed by atoms with Crippen LogP contribution in [0, 0.1) is 0 Å². The van der Waals surface area contributed by atoms with Crippen LogP contribution in [0.2, 0.25) is 0 Å². The number of ether oxygens (including phenoxy) is 1. The number of carbonyl (C=O) groups excluding carboxylic acids is 1. The molecular formula is C16H12F6N2O4S. The van der Waals surface area contributed by atoms with Crippen LogP contribution in [0.1, 0.15) is 21.5 Å². The summed E-state index contributed by atoms with van der Waals surface area (Å²) < 4.78 is 105. The number of anilines is 1. The number of hydrogen-bond acceptors (Lipinski definition) is 4. The largest absolute Gasteiger partial charge is 0.495 e. The zero-order valence-electron chi connectivity index (χ0n) is 14.4. The second kappa shape index (κ2) is 7.55. The van der Waals surface area contributed by atoms with Crippen LogP contribution in [0.4, 0.5) is 32.0 Å². The summed E-state index contributed by atoms with van der Waals surface area (Å²) >= 11 is 0. The Bertz CT molecular complexity index is 1050. The van der Waals surface area contributed by atoms with E-state index in [1.807, 2.05) is 5.32 Å². The highest BCUT2D eigenvalue weighted by molar-refractivity contribution is 7.89. The molecule has 0 fully saturated rings. The van der Waals surface area contributed by atoms with Crippen LogP contribution >= 0.6 is 0 Å². The van der Waals surface area contributed by atoms with E-state index in [9.17, 15) is 39.6 Å². The molecular weight excluding hydrogens is 430 g/mol. The molecule has 0 atom stereocenters. The second-order valence-corrected chi connectivity index (χ2v) is 7.15. The first-order valence-electron chi connectivity index (χ1n) is 7.45. The number of sulfonamides is 1. The van der Waals surface area contributed by atoms with E-state index in [2.05, 4.69) is 0 Å². The van der Waals surface area contributed by atoms with E-state index in [0.29, 0.717) is 12.1 Å². The van der Waals surface area contributed by atoms with Crippen molar-refractivity contribution in [3.63, 3.8) is 0 Å². The minimum atomic E-state index is -5.23. The van der Waals surface area contributed by atoms with Crippen LogP contribution in [-0.4, -0.2) is 21.4 Å². The number of carbonyl (C=O) groups is 1. The van der Waals surface area contributed by atoms with Gasteiger partial charge in [-0.3, -0.25) is 4.79 Å². The molecule has 0 aromatic heterocycles. The van der Waals surface area contributed by atoms with Gasteiger partial charge in [0.1, 0.15) is 10.6 Å². The number of rotatable bonds is 4. The Hall–Kier alpha value is -2.80. The van der Waals surface area contributed by atoms with Crippen LogP contribution < -0.4 is 15.2 Å². The summed E-state index contributed by atoms with van der Waals surface area (Å²) in [6.45, 7) is 0. The number of nitrogens with one attached hydrogen (secondary N) is 1. The normalized spacial score (nSPS) is 12.6. The zero-order chi connectivity index (χ0) is 22.2. The number of benzene rings is 2. The predicted octanol–water partition coefficient (Wildman–Crippen LogP) is 3.63. The molecule has 0 aliphatic heterocycles. The van der Waals surface area contributed by atoms with Crippen molar-refractivity contribution in [3.8, 4) is 5.75 Å². The van der Waals surface area contributed by atoms with E-state index < -0.39 is 49.9 Å². The smallest absolute Gasteiger partial charge is 0.417 e. The summed E-state index contributed by atoms with van der Waals surface area (Å²) in [6.07, 6.45) is -10.3. The number of methoxy groups -OCH3 is 1. The molecule has 6 nitrogen and oxygen atoms in total. The highest BCUT2D eigenvalue weighted by Gasteiger charge is 2.39. The molecule has 2 rings (SSSR count). The predicted molar refractivity (Wildman–Crippen MR) is 88.8 cm³/mol. The Morgan fingerprint density at radius 3 is 2.10 bits per heavy atom. The maximum atomic E-state index is 13.2. The van der Waals surface area contributed by atoms with Crippen molar-refractivity contribution >= 4 is 21.6 Å². The van der Waals surface area contributed by atoms with Crippen molar-refractivity contribution in [2.24, 2.45) is 5.14 Å². The molecule has 0 aliphatic carbocycles. The van der Waals surface area contributed by atoms with Crippen molar-refractivity contribution in [1.82, 2.24) is 0 Å². The summed E-state index contributed by atoms with van der Waals surface area (Å²) in [5.74, 6) is -1.66. The fraction of sp³-hybridized carbons (Fsp3) is 0.188. The molecule has 13 heteroatoms. The zero-order valence-corrected chi connectivity index (χ0v) is 15.2. The van der Waals surface area contributed by atoms with Crippen LogP contribution in [-0.2, 0) is 22.4 Å². The lowest BCUT2D eigenvalue weighted by Gasteiger charge is -2.16. The number of primary sulfonamides is 1. The molecule has 1 amide bonds. The molecule has 2 aromatic carbocycles. The molecule has 0 unspecified atom stereocenters. The van der Waals surface area contributed by atoms with Crippen LogP contribution in [0.3, 0.4) is 0 Å². The van der Waals surface area contributed by atoms with Gasteiger partial charge in [0.25, 0.3) is 5.91 Å². The van der Waals surface area contributed by atoms with Crippen LogP contribution in [0.15, 0.2) is 41.3 Å². The molecule has 0 radical (unpaired) electrons. The van der Waals surface area contributed by atoms with Gasteiger partial charge in [-0.05, 0) is 30.3 Å². The minimum Gasteiger partial charge on any atom is -0.495 e. The Labute approximate surface area is 160 Å². The highest BCUT2D eigenvalue weighted by Crippen LogP contribution is 2.37. The van der Waals surface area contributed by atoms with Gasteiger partial charge >= 0.3 is 12.4 Å². The lowest BCUT2D eigenvalue weighted by atomic mass is 10.0. The lowest BCUT2D eigenvalue weighted by Crippen LogP contribution is -2.20. The number of hydrogen-bond donors (Lipinski definition) is 2. The topological polar surface area (TPSA) is 98.5 Å². The molecule has 0 saturated carbocycles. The van der Waals surface area contributed by atoms with E-state index in [1.165, 1.54) is 0 Å². The maximum Gasteiger partial charge on any atom is 0.417 e. The third kappa shape index (κ3) is 5.17. The van der Waals surface area contributed by atoms with Gasteiger partial charge < -0.3 is 10.1 Å². The molecule has 2 aromatic rings. The first-order valence-corrected chi connectivity index (χ1v) is 9.00. The quantitative estimate of drug-likeness (QED) is 0.707. The monoisotopic (exact) mass is 442 g/mol. The van der Waals surface area contributed by atoms with E-state index >= 15 is 0 Å². The lowest BCUT2D eigenvalue weighted by molar-refractivity contribution is -0.143. The van der Waals surface area contributed by atoms with Gasteiger partial charge in [0.2, 0.25) is 10.0 Å². The Morgan fingerprint density at radius 2 is 1.62 bits per heavy atom. The van der Waals surface area contributed by atoms with Gasteiger partial charge in [0.15, 0.2) is 0 Å². The van der Waals surface area contributed by atoms with Crippen molar-refractivity contribution in [2.45, 2.75) is 17.2 Å². The van der Waals surface area contributed by atoms with Crippen molar-refractivity contribution in [3.05, 3.63) is 53.1 Å². The summed E-state index contributed by atoms with van der Waals surface area (Å²) in [4.78, 5) is 11.8. The van der Waals surface area contributed by atoms with E-state index in [1.54, 1.807) is 0 Å². The number of nitrogens with two attached hydrogens (primary N) is 1. The third-order valence-corrected chi connectivity index (χ3v) is 4.58.